The number of rotatable bonds is 7. The van der Waals surface area contributed by atoms with Crippen molar-refractivity contribution in [3.8, 4) is 5.75 Å². The molecule has 4 rings (SSSR count). The fourth-order valence-corrected chi connectivity index (χ4v) is 4.47. The van der Waals surface area contributed by atoms with Crippen molar-refractivity contribution in [2.75, 3.05) is 6.61 Å². The third-order valence-electron chi connectivity index (χ3n) is 4.80. The van der Waals surface area contributed by atoms with Crippen LogP contribution in [0.4, 0.5) is 0 Å². The third kappa shape index (κ3) is 4.68. The van der Waals surface area contributed by atoms with E-state index in [4.69, 9.17) is 16.3 Å². The maximum absolute atomic E-state index is 13.4. The van der Waals surface area contributed by atoms with E-state index in [-0.39, 0.29) is 18.4 Å². The van der Waals surface area contributed by atoms with Gasteiger partial charge in [-0.2, -0.15) is 0 Å². The number of halogens is 1. The lowest BCUT2D eigenvalue weighted by Gasteiger charge is -2.15. The quantitative estimate of drug-likeness (QED) is 0.427. The molecule has 156 valence electrons. The maximum Gasteiger partial charge on any atom is 0.268 e. The van der Waals surface area contributed by atoms with E-state index in [1.165, 1.54) is 16.7 Å². The van der Waals surface area contributed by atoms with E-state index in [2.05, 4.69) is 0 Å². The number of thioether (sulfide) groups is 1. The Balaban J connectivity index is 1.70. The Morgan fingerprint density at radius 2 is 1.55 bits per heavy atom. The third-order valence-corrected chi connectivity index (χ3v) is 6.14. The van der Waals surface area contributed by atoms with E-state index in [9.17, 15) is 9.59 Å². The zero-order valence-corrected chi connectivity index (χ0v) is 18.5. The van der Waals surface area contributed by atoms with Gasteiger partial charge in [-0.25, -0.2) is 0 Å². The molecule has 0 spiro atoms. The van der Waals surface area contributed by atoms with Crippen molar-refractivity contribution in [3.05, 3.63) is 99.9 Å². The van der Waals surface area contributed by atoms with Gasteiger partial charge in [0, 0.05) is 9.92 Å². The number of ether oxygens (including phenoxy) is 1. The number of amides is 2. The second-order valence-corrected chi connectivity index (χ2v) is 8.42. The van der Waals surface area contributed by atoms with E-state index in [0.717, 1.165) is 16.2 Å². The molecule has 1 aliphatic heterocycles. The van der Waals surface area contributed by atoms with E-state index < -0.39 is 0 Å². The average molecular weight is 450 g/mol. The fraction of sp³-hybridized carbons (Fsp3) is 0.120. The predicted octanol–water partition coefficient (Wildman–Crippen LogP) is 5.81. The molecule has 6 heteroatoms. The number of benzene rings is 3. The number of imide groups is 1. The molecule has 1 heterocycles. The Kier molecular flexibility index (Phi) is 6.44. The standard InChI is InChI=1S/C25H20ClNO3S/c1-2-30-20-14-10-18(11-15-20)22-23(31-21-6-4-3-5-7-21)25(29)27(24(22)28)16-17-8-12-19(26)13-9-17/h3-15H,2,16H2,1H3. The smallest absolute Gasteiger partial charge is 0.268 e. The molecule has 3 aromatic rings. The highest BCUT2D eigenvalue weighted by Crippen LogP contribution is 2.40. The minimum atomic E-state index is -0.303. The van der Waals surface area contributed by atoms with Crippen molar-refractivity contribution in [3.63, 3.8) is 0 Å². The average Bonchev–Trinajstić information content (AvgIpc) is 3.01. The van der Waals surface area contributed by atoms with Crippen molar-refractivity contribution >= 4 is 40.8 Å². The number of nitrogens with zero attached hydrogens (tertiary/aromatic N) is 1. The van der Waals surface area contributed by atoms with Gasteiger partial charge in [0.2, 0.25) is 0 Å². The monoisotopic (exact) mass is 449 g/mol. The van der Waals surface area contributed by atoms with Gasteiger partial charge in [0.25, 0.3) is 11.8 Å². The SMILES string of the molecule is CCOc1ccc(C2=C(Sc3ccccc3)C(=O)N(Cc3ccc(Cl)cc3)C2=O)cc1. The van der Waals surface area contributed by atoms with E-state index in [0.29, 0.717) is 27.7 Å². The lowest BCUT2D eigenvalue weighted by Crippen LogP contribution is -2.30. The molecule has 0 saturated heterocycles. The van der Waals surface area contributed by atoms with Crippen molar-refractivity contribution in [1.82, 2.24) is 4.90 Å². The first kappa shape index (κ1) is 21.2. The van der Waals surface area contributed by atoms with Crippen LogP contribution in [0.2, 0.25) is 5.02 Å². The molecule has 31 heavy (non-hydrogen) atoms. The molecule has 0 unspecified atom stereocenters. The van der Waals surface area contributed by atoms with Crippen LogP contribution in [0.25, 0.3) is 5.57 Å². The topological polar surface area (TPSA) is 46.6 Å². The van der Waals surface area contributed by atoms with Gasteiger partial charge in [-0.15, -0.1) is 0 Å². The van der Waals surface area contributed by atoms with Crippen molar-refractivity contribution in [2.45, 2.75) is 18.4 Å². The second-order valence-electron chi connectivity index (χ2n) is 6.90. The van der Waals surface area contributed by atoms with Crippen LogP contribution in [-0.4, -0.2) is 23.3 Å². The van der Waals surface area contributed by atoms with Crippen LogP contribution < -0.4 is 4.74 Å². The summed E-state index contributed by atoms with van der Waals surface area (Å²) in [7, 11) is 0. The van der Waals surface area contributed by atoms with Crippen LogP contribution in [0.15, 0.2) is 88.7 Å². The molecule has 3 aromatic carbocycles. The van der Waals surface area contributed by atoms with Crippen LogP contribution in [0, 0.1) is 0 Å². The predicted molar refractivity (Wildman–Crippen MR) is 124 cm³/mol. The van der Waals surface area contributed by atoms with E-state index >= 15 is 0 Å². The minimum absolute atomic E-state index is 0.189. The Bertz CT molecular complexity index is 1130. The Morgan fingerprint density at radius 1 is 0.871 bits per heavy atom. The van der Waals surface area contributed by atoms with Gasteiger partial charge < -0.3 is 4.74 Å². The summed E-state index contributed by atoms with van der Waals surface area (Å²) in [6.45, 7) is 2.66. The lowest BCUT2D eigenvalue weighted by molar-refractivity contribution is -0.137. The zero-order chi connectivity index (χ0) is 21.8. The molecule has 0 bridgehead atoms. The molecular formula is C25H20ClNO3S. The van der Waals surface area contributed by atoms with Crippen molar-refractivity contribution in [2.24, 2.45) is 0 Å². The van der Waals surface area contributed by atoms with Crippen molar-refractivity contribution < 1.29 is 14.3 Å². The van der Waals surface area contributed by atoms with Gasteiger partial charge >= 0.3 is 0 Å². The Hall–Kier alpha value is -3.02. The lowest BCUT2D eigenvalue weighted by atomic mass is 10.1. The van der Waals surface area contributed by atoms with Gasteiger partial charge in [0.15, 0.2) is 0 Å². The number of carbonyl (C=O) groups excluding carboxylic acids is 2. The first-order valence-electron chi connectivity index (χ1n) is 9.88. The molecule has 0 aliphatic carbocycles. The molecule has 0 saturated carbocycles. The summed E-state index contributed by atoms with van der Waals surface area (Å²) in [6, 6.07) is 24.0. The summed E-state index contributed by atoms with van der Waals surface area (Å²) in [5.41, 5.74) is 1.94. The Morgan fingerprint density at radius 3 is 2.19 bits per heavy atom. The number of hydrogen-bond donors (Lipinski definition) is 0. The molecule has 4 nitrogen and oxygen atoms in total. The number of hydrogen-bond acceptors (Lipinski definition) is 4. The highest BCUT2D eigenvalue weighted by Gasteiger charge is 2.39. The molecule has 0 aromatic heterocycles. The van der Waals surface area contributed by atoms with Gasteiger partial charge in [0.1, 0.15) is 5.75 Å². The van der Waals surface area contributed by atoms with Crippen LogP contribution >= 0.6 is 23.4 Å². The molecule has 1 aliphatic rings. The van der Waals surface area contributed by atoms with Gasteiger partial charge in [-0.1, -0.05) is 65.8 Å². The molecule has 0 N–H and O–H groups in total. The minimum Gasteiger partial charge on any atom is -0.494 e. The van der Waals surface area contributed by atoms with Crippen molar-refractivity contribution in [1.29, 1.82) is 0 Å². The molecule has 0 fully saturated rings. The summed E-state index contributed by atoms with van der Waals surface area (Å²) < 4.78 is 5.51. The summed E-state index contributed by atoms with van der Waals surface area (Å²) >= 11 is 7.28. The van der Waals surface area contributed by atoms with Crippen LogP contribution in [0.1, 0.15) is 18.1 Å². The first-order valence-corrected chi connectivity index (χ1v) is 11.1. The van der Waals surface area contributed by atoms with Gasteiger partial charge in [-0.3, -0.25) is 14.5 Å². The van der Waals surface area contributed by atoms with Gasteiger partial charge in [-0.05, 0) is 54.4 Å². The number of carbonyl (C=O) groups is 2. The highest BCUT2D eigenvalue weighted by atomic mass is 35.5. The van der Waals surface area contributed by atoms with Gasteiger partial charge in [0.05, 0.1) is 23.6 Å². The summed E-state index contributed by atoms with van der Waals surface area (Å²) in [6.07, 6.45) is 0. The maximum atomic E-state index is 13.4. The highest BCUT2D eigenvalue weighted by molar-refractivity contribution is 8.04. The summed E-state index contributed by atoms with van der Waals surface area (Å²) in [5, 5.41) is 0.608. The van der Waals surface area contributed by atoms with Crippen LogP contribution in [-0.2, 0) is 16.1 Å². The van der Waals surface area contributed by atoms with Crippen LogP contribution in [0.5, 0.6) is 5.75 Å². The first-order chi connectivity index (χ1) is 15.1. The zero-order valence-electron chi connectivity index (χ0n) is 16.9. The summed E-state index contributed by atoms with van der Waals surface area (Å²) in [5.74, 6) is 0.124. The van der Waals surface area contributed by atoms with E-state index in [1.54, 1.807) is 12.1 Å². The Labute approximate surface area is 190 Å². The van der Waals surface area contributed by atoms with E-state index in [1.807, 2.05) is 73.7 Å². The second kappa shape index (κ2) is 9.41. The molecule has 0 radical (unpaired) electrons. The molecule has 0 atom stereocenters. The largest absolute Gasteiger partial charge is 0.494 e. The molecular weight excluding hydrogens is 430 g/mol. The normalized spacial score (nSPS) is 13.8. The summed E-state index contributed by atoms with van der Waals surface area (Å²) in [4.78, 5) is 29.3. The fourth-order valence-electron chi connectivity index (χ4n) is 3.31. The molecule has 2 amide bonds. The van der Waals surface area contributed by atoms with Crippen LogP contribution in [0.3, 0.4) is 0 Å².